The van der Waals surface area contributed by atoms with Gasteiger partial charge in [-0.15, -0.1) is 0 Å². The molecule has 1 heterocycles. The number of benzene rings is 2. The van der Waals surface area contributed by atoms with Crippen LogP contribution in [0.3, 0.4) is 0 Å². The van der Waals surface area contributed by atoms with Crippen molar-refractivity contribution in [2.75, 3.05) is 12.2 Å². The van der Waals surface area contributed by atoms with E-state index in [0.717, 1.165) is 22.8 Å². The molecule has 0 fully saturated rings. The van der Waals surface area contributed by atoms with Crippen molar-refractivity contribution in [1.29, 1.82) is 0 Å². The number of halogens is 3. The maximum absolute atomic E-state index is 13.0. The van der Waals surface area contributed by atoms with Crippen molar-refractivity contribution in [1.82, 2.24) is 9.55 Å². The SMILES string of the molecule is CON(C(=O)c1ccc(C)c(-n2cnc(C(=O)O)c2)c1)c1cccc(C(F)(F)F)c1. The Morgan fingerprint density at radius 3 is 2.50 bits per heavy atom. The van der Waals surface area contributed by atoms with E-state index in [-0.39, 0.29) is 16.9 Å². The van der Waals surface area contributed by atoms with Gasteiger partial charge in [-0.05, 0) is 42.8 Å². The molecular weight excluding hydrogens is 403 g/mol. The summed E-state index contributed by atoms with van der Waals surface area (Å²) in [6.07, 6.45) is -1.99. The van der Waals surface area contributed by atoms with E-state index in [9.17, 15) is 22.8 Å². The van der Waals surface area contributed by atoms with Crippen LogP contribution in [0.5, 0.6) is 0 Å². The van der Waals surface area contributed by atoms with Gasteiger partial charge in [0.25, 0.3) is 5.91 Å². The summed E-state index contributed by atoms with van der Waals surface area (Å²) in [5, 5.41) is 9.78. The van der Waals surface area contributed by atoms with Gasteiger partial charge >= 0.3 is 12.1 Å². The second-order valence-electron chi connectivity index (χ2n) is 6.30. The molecule has 0 unspecified atom stereocenters. The van der Waals surface area contributed by atoms with Gasteiger partial charge < -0.3 is 9.67 Å². The summed E-state index contributed by atoms with van der Waals surface area (Å²) in [6.45, 7) is 1.75. The summed E-state index contributed by atoms with van der Waals surface area (Å²) in [4.78, 5) is 32.8. The molecule has 0 atom stereocenters. The number of carbonyl (C=O) groups excluding carboxylic acids is 1. The molecule has 1 N–H and O–H groups in total. The molecule has 0 bridgehead atoms. The Balaban J connectivity index is 1.98. The van der Waals surface area contributed by atoms with Crippen molar-refractivity contribution in [3.8, 4) is 5.69 Å². The summed E-state index contributed by atoms with van der Waals surface area (Å²) >= 11 is 0. The lowest BCUT2D eigenvalue weighted by molar-refractivity contribution is -0.137. The van der Waals surface area contributed by atoms with E-state index >= 15 is 0 Å². The number of carboxylic acid groups (broad SMARTS) is 1. The van der Waals surface area contributed by atoms with Gasteiger partial charge in [0, 0.05) is 11.8 Å². The molecular formula is C20H16F3N3O4. The summed E-state index contributed by atoms with van der Waals surface area (Å²) in [5.74, 6) is -1.90. The van der Waals surface area contributed by atoms with E-state index in [1.807, 2.05) is 0 Å². The highest BCUT2D eigenvalue weighted by molar-refractivity contribution is 6.05. The third-order valence-electron chi connectivity index (χ3n) is 4.31. The van der Waals surface area contributed by atoms with Gasteiger partial charge in [-0.1, -0.05) is 12.1 Å². The fourth-order valence-corrected chi connectivity index (χ4v) is 2.82. The van der Waals surface area contributed by atoms with Crippen LogP contribution in [-0.4, -0.2) is 33.6 Å². The number of imidazole rings is 1. The van der Waals surface area contributed by atoms with Crippen LogP contribution in [0.15, 0.2) is 55.0 Å². The zero-order chi connectivity index (χ0) is 22.1. The molecule has 2 aromatic carbocycles. The van der Waals surface area contributed by atoms with E-state index in [2.05, 4.69) is 4.98 Å². The first-order valence-electron chi connectivity index (χ1n) is 8.56. The molecule has 156 valence electrons. The molecule has 3 aromatic rings. The predicted octanol–water partition coefficient (Wildman–Crippen LogP) is 4.11. The molecule has 1 amide bonds. The van der Waals surface area contributed by atoms with Crippen LogP contribution < -0.4 is 5.06 Å². The molecule has 7 nitrogen and oxygen atoms in total. The molecule has 10 heteroatoms. The Bertz CT molecular complexity index is 1110. The van der Waals surface area contributed by atoms with Gasteiger partial charge in [0.15, 0.2) is 5.69 Å². The fraction of sp³-hybridized carbons (Fsp3) is 0.150. The summed E-state index contributed by atoms with van der Waals surface area (Å²) in [5.41, 5.74) is 0.160. The summed E-state index contributed by atoms with van der Waals surface area (Å²) in [6, 6.07) is 8.80. The molecule has 0 aliphatic carbocycles. The standard InChI is InChI=1S/C20H16F3N3O4/c1-12-6-7-13(8-17(12)25-10-16(19(28)29)24-11-25)18(27)26(30-2)15-5-3-4-14(9-15)20(21,22)23/h3-11H,1-2H3,(H,28,29). The first kappa shape index (κ1) is 21.1. The zero-order valence-corrected chi connectivity index (χ0v) is 15.8. The minimum absolute atomic E-state index is 0.0877. The first-order chi connectivity index (χ1) is 14.1. The van der Waals surface area contributed by atoms with Gasteiger partial charge in [0.05, 0.1) is 24.0 Å². The second kappa shape index (κ2) is 7.99. The molecule has 0 radical (unpaired) electrons. The lowest BCUT2D eigenvalue weighted by Crippen LogP contribution is -2.30. The molecule has 0 aliphatic heterocycles. The van der Waals surface area contributed by atoms with Gasteiger partial charge in [-0.2, -0.15) is 18.2 Å². The molecule has 3 rings (SSSR count). The van der Waals surface area contributed by atoms with Crippen molar-refractivity contribution in [3.63, 3.8) is 0 Å². The second-order valence-corrected chi connectivity index (χ2v) is 6.30. The Kier molecular flexibility index (Phi) is 5.61. The fourth-order valence-electron chi connectivity index (χ4n) is 2.82. The van der Waals surface area contributed by atoms with Gasteiger partial charge in [0.2, 0.25) is 0 Å². The number of amides is 1. The van der Waals surface area contributed by atoms with Gasteiger partial charge in [-0.3, -0.25) is 9.63 Å². The third-order valence-corrected chi connectivity index (χ3v) is 4.31. The Morgan fingerprint density at radius 2 is 1.90 bits per heavy atom. The molecule has 1 aromatic heterocycles. The number of aromatic carboxylic acids is 1. The average Bonchev–Trinajstić information content (AvgIpc) is 3.19. The van der Waals surface area contributed by atoms with Crippen molar-refractivity contribution in [3.05, 3.63) is 77.4 Å². The number of aromatic nitrogens is 2. The number of alkyl halides is 3. The maximum atomic E-state index is 13.0. The highest BCUT2D eigenvalue weighted by Crippen LogP contribution is 2.32. The van der Waals surface area contributed by atoms with E-state index in [0.29, 0.717) is 5.69 Å². The van der Waals surface area contributed by atoms with Crippen molar-refractivity contribution in [2.45, 2.75) is 13.1 Å². The third kappa shape index (κ3) is 4.18. The van der Waals surface area contributed by atoms with Crippen LogP contribution in [0.1, 0.15) is 32.0 Å². The van der Waals surface area contributed by atoms with E-state index in [4.69, 9.17) is 9.94 Å². The van der Waals surface area contributed by atoms with Crippen LogP contribution in [0.25, 0.3) is 5.69 Å². The monoisotopic (exact) mass is 419 g/mol. The van der Waals surface area contributed by atoms with Crippen LogP contribution in [0, 0.1) is 6.92 Å². The molecule has 0 saturated carbocycles. The smallest absolute Gasteiger partial charge is 0.416 e. The predicted molar refractivity (Wildman–Crippen MR) is 101 cm³/mol. The number of rotatable bonds is 5. The van der Waals surface area contributed by atoms with E-state index in [1.54, 1.807) is 13.0 Å². The van der Waals surface area contributed by atoms with Crippen LogP contribution >= 0.6 is 0 Å². The lowest BCUT2D eigenvalue weighted by atomic mass is 10.1. The number of carboxylic acids is 1. The summed E-state index contributed by atoms with van der Waals surface area (Å²) in [7, 11) is 1.17. The number of aryl methyl sites for hydroxylation is 1. The number of nitrogens with zero attached hydrogens (tertiary/aromatic N) is 3. The van der Waals surface area contributed by atoms with Gasteiger partial charge in [0.1, 0.15) is 6.33 Å². The topological polar surface area (TPSA) is 84.7 Å². The molecule has 0 spiro atoms. The minimum atomic E-state index is -4.57. The van der Waals surface area contributed by atoms with Crippen molar-refractivity contribution in [2.24, 2.45) is 0 Å². The van der Waals surface area contributed by atoms with Crippen LogP contribution in [0.2, 0.25) is 0 Å². The van der Waals surface area contributed by atoms with E-state index in [1.165, 1.54) is 48.5 Å². The van der Waals surface area contributed by atoms with Gasteiger partial charge in [-0.25, -0.2) is 9.78 Å². The number of carbonyl (C=O) groups is 2. The number of anilines is 1. The average molecular weight is 419 g/mol. The maximum Gasteiger partial charge on any atom is 0.416 e. The molecule has 0 saturated heterocycles. The molecule has 0 aliphatic rings. The zero-order valence-electron chi connectivity index (χ0n) is 15.8. The minimum Gasteiger partial charge on any atom is -0.476 e. The lowest BCUT2D eigenvalue weighted by Gasteiger charge is -2.21. The Morgan fingerprint density at radius 1 is 1.17 bits per heavy atom. The van der Waals surface area contributed by atoms with Crippen molar-refractivity contribution < 1.29 is 32.7 Å². The van der Waals surface area contributed by atoms with Crippen molar-refractivity contribution >= 4 is 17.6 Å². The summed E-state index contributed by atoms with van der Waals surface area (Å²) < 4.78 is 40.5. The quantitative estimate of drug-likeness (QED) is 0.630. The Hall–Kier alpha value is -3.66. The first-order valence-corrected chi connectivity index (χ1v) is 8.56. The Labute approximate surface area is 168 Å². The number of hydroxylamine groups is 1. The molecule has 30 heavy (non-hydrogen) atoms. The highest BCUT2D eigenvalue weighted by Gasteiger charge is 2.31. The van der Waals surface area contributed by atoms with Crippen LogP contribution in [0.4, 0.5) is 18.9 Å². The van der Waals surface area contributed by atoms with Crippen LogP contribution in [-0.2, 0) is 11.0 Å². The normalized spacial score (nSPS) is 11.4. The number of hydrogen-bond donors (Lipinski definition) is 1. The van der Waals surface area contributed by atoms with E-state index < -0.39 is 23.6 Å². The highest BCUT2D eigenvalue weighted by atomic mass is 19.4. The number of hydrogen-bond acceptors (Lipinski definition) is 4. The largest absolute Gasteiger partial charge is 0.476 e.